The fourth-order valence-corrected chi connectivity index (χ4v) is 2.09. The first-order valence-electron chi connectivity index (χ1n) is 7.93. The summed E-state index contributed by atoms with van der Waals surface area (Å²) in [6, 6.07) is 13.1. The number of hydrogen-bond donors (Lipinski definition) is 1. The highest BCUT2D eigenvalue weighted by Gasteiger charge is 2.08. The molecule has 0 unspecified atom stereocenters. The summed E-state index contributed by atoms with van der Waals surface area (Å²) < 4.78 is 23.4. The largest absolute Gasteiger partial charge is 0.494 e. The first kappa shape index (κ1) is 18.4. The number of esters is 1. The average molecular weight is 345 g/mol. The van der Waals surface area contributed by atoms with Gasteiger partial charge in [0.1, 0.15) is 11.6 Å². The van der Waals surface area contributed by atoms with E-state index in [1.165, 1.54) is 18.2 Å². The standard InChI is InChI=1S/C19H20FNO4/c1-14-5-2-8-17(11-14)24-10-4-9-19(23)25-13-18(22)21-16-7-3-6-15(20)12-16/h2-3,5-8,11-12H,4,9-10,13H2,1H3,(H,21,22). The van der Waals surface area contributed by atoms with Gasteiger partial charge in [0, 0.05) is 12.1 Å². The number of aryl methyl sites for hydroxylation is 1. The van der Waals surface area contributed by atoms with E-state index in [2.05, 4.69) is 5.32 Å². The number of halogens is 1. The van der Waals surface area contributed by atoms with Gasteiger partial charge in [-0.15, -0.1) is 0 Å². The summed E-state index contributed by atoms with van der Waals surface area (Å²) in [5.41, 5.74) is 1.41. The van der Waals surface area contributed by atoms with E-state index < -0.39 is 24.3 Å². The number of benzene rings is 2. The lowest BCUT2D eigenvalue weighted by molar-refractivity contribution is -0.147. The van der Waals surface area contributed by atoms with Crippen LogP contribution in [0.2, 0.25) is 0 Å². The average Bonchev–Trinajstić information content (AvgIpc) is 2.57. The molecule has 0 aliphatic heterocycles. The summed E-state index contributed by atoms with van der Waals surface area (Å²) in [7, 11) is 0. The van der Waals surface area contributed by atoms with Crippen molar-refractivity contribution in [1.29, 1.82) is 0 Å². The molecule has 1 amide bonds. The van der Waals surface area contributed by atoms with Gasteiger partial charge in [0.05, 0.1) is 6.61 Å². The van der Waals surface area contributed by atoms with Crippen LogP contribution in [0.5, 0.6) is 5.75 Å². The molecule has 0 aromatic heterocycles. The lowest BCUT2D eigenvalue weighted by Gasteiger charge is -2.08. The van der Waals surface area contributed by atoms with Crippen molar-refractivity contribution in [3.05, 3.63) is 59.9 Å². The second-order valence-corrected chi connectivity index (χ2v) is 5.49. The van der Waals surface area contributed by atoms with Crippen LogP contribution in [0.4, 0.5) is 10.1 Å². The SMILES string of the molecule is Cc1cccc(OCCCC(=O)OCC(=O)Nc2cccc(F)c2)c1. The van der Waals surface area contributed by atoms with Crippen LogP contribution in [0.1, 0.15) is 18.4 Å². The Kier molecular flexibility index (Phi) is 6.95. The topological polar surface area (TPSA) is 64.6 Å². The Balaban J connectivity index is 1.61. The van der Waals surface area contributed by atoms with E-state index in [0.717, 1.165) is 11.3 Å². The second kappa shape index (κ2) is 9.42. The molecule has 0 saturated heterocycles. The zero-order valence-electron chi connectivity index (χ0n) is 14.0. The maximum Gasteiger partial charge on any atom is 0.306 e. The molecule has 0 spiro atoms. The third-order valence-electron chi connectivity index (χ3n) is 3.26. The van der Waals surface area contributed by atoms with Crippen LogP contribution in [-0.2, 0) is 14.3 Å². The van der Waals surface area contributed by atoms with Crippen molar-refractivity contribution in [1.82, 2.24) is 0 Å². The van der Waals surface area contributed by atoms with Gasteiger partial charge < -0.3 is 14.8 Å². The van der Waals surface area contributed by atoms with Crippen LogP contribution in [0.25, 0.3) is 0 Å². The van der Waals surface area contributed by atoms with Crippen molar-refractivity contribution in [3.63, 3.8) is 0 Å². The first-order chi connectivity index (χ1) is 12.0. The first-order valence-corrected chi connectivity index (χ1v) is 7.93. The van der Waals surface area contributed by atoms with E-state index >= 15 is 0 Å². The van der Waals surface area contributed by atoms with Crippen molar-refractivity contribution in [2.75, 3.05) is 18.5 Å². The summed E-state index contributed by atoms with van der Waals surface area (Å²) in [6.45, 7) is 1.95. The molecule has 132 valence electrons. The molecule has 2 aromatic rings. The summed E-state index contributed by atoms with van der Waals surface area (Å²) >= 11 is 0. The van der Waals surface area contributed by atoms with Crippen LogP contribution >= 0.6 is 0 Å². The molecule has 0 aliphatic carbocycles. The highest BCUT2D eigenvalue weighted by Crippen LogP contribution is 2.13. The molecule has 0 fully saturated rings. The Labute approximate surface area is 145 Å². The van der Waals surface area contributed by atoms with Crippen molar-refractivity contribution >= 4 is 17.6 Å². The minimum absolute atomic E-state index is 0.152. The van der Waals surface area contributed by atoms with Gasteiger partial charge in [0.2, 0.25) is 0 Å². The minimum Gasteiger partial charge on any atom is -0.494 e. The molecule has 1 N–H and O–H groups in total. The van der Waals surface area contributed by atoms with Gasteiger partial charge in [0.15, 0.2) is 6.61 Å². The molecule has 2 aromatic carbocycles. The molecule has 2 rings (SSSR count). The molecule has 6 heteroatoms. The molecule has 5 nitrogen and oxygen atoms in total. The van der Waals surface area contributed by atoms with Gasteiger partial charge in [-0.2, -0.15) is 0 Å². The van der Waals surface area contributed by atoms with Gasteiger partial charge in [-0.1, -0.05) is 18.2 Å². The Morgan fingerprint density at radius 2 is 1.92 bits per heavy atom. The van der Waals surface area contributed by atoms with Crippen LogP contribution in [0, 0.1) is 12.7 Å². The Bertz CT molecular complexity index is 733. The van der Waals surface area contributed by atoms with E-state index in [9.17, 15) is 14.0 Å². The number of rotatable bonds is 8. The second-order valence-electron chi connectivity index (χ2n) is 5.49. The number of nitrogens with one attached hydrogen (secondary N) is 1. The molecular weight excluding hydrogens is 325 g/mol. The Hall–Kier alpha value is -2.89. The van der Waals surface area contributed by atoms with Crippen molar-refractivity contribution in [3.8, 4) is 5.75 Å². The predicted octanol–water partition coefficient (Wildman–Crippen LogP) is 3.48. The quantitative estimate of drug-likeness (QED) is 0.588. The lowest BCUT2D eigenvalue weighted by atomic mass is 10.2. The summed E-state index contributed by atoms with van der Waals surface area (Å²) in [5, 5.41) is 2.45. The number of amides is 1. The number of carbonyl (C=O) groups is 2. The highest BCUT2D eigenvalue weighted by molar-refractivity contribution is 5.92. The molecule has 0 atom stereocenters. The third-order valence-corrected chi connectivity index (χ3v) is 3.26. The minimum atomic E-state index is -0.519. The van der Waals surface area contributed by atoms with Crippen LogP contribution in [0.3, 0.4) is 0 Å². The molecule has 0 heterocycles. The number of anilines is 1. The van der Waals surface area contributed by atoms with Gasteiger partial charge in [-0.05, 0) is 49.2 Å². The zero-order chi connectivity index (χ0) is 18.1. The van der Waals surface area contributed by atoms with Gasteiger partial charge >= 0.3 is 5.97 Å². The van der Waals surface area contributed by atoms with Crippen molar-refractivity contribution in [2.45, 2.75) is 19.8 Å². The number of ether oxygens (including phenoxy) is 2. The molecule has 25 heavy (non-hydrogen) atoms. The fraction of sp³-hybridized carbons (Fsp3) is 0.263. The van der Waals surface area contributed by atoms with E-state index in [1.54, 1.807) is 6.07 Å². The van der Waals surface area contributed by atoms with E-state index in [0.29, 0.717) is 18.7 Å². The molecular formula is C19H20FNO4. The molecule has 0 radical (unpaired) electrons. The van der Waals surface area contributed by atoms with Crippen LogP contribution < -0.4 is 10.1 Å². The van der Waals surface area contributed by atoms with E-state index in [-0.39, 0.29) is 6.42 Å². The summed E-state index contributed by atoms with van der Waals surface area (Å²) in [5.74, 6) is -0.705. The molecule has 0 saturated carbocycles. The van der Waals surface area contributed by atoms with Crippen LogP contribution in [-0.4, -0.2) is 25.1 Å². The maximum atomic E-state index is 13.0. The maximum absolute atomic E-state index is 13.0. The summed E-state index contributed by atoms with van der Waals surface area (Å²) in [6.07, 6.45) is 0.636. The number of hydrogen-bond acceptors (Lipinski definition) is 4. The van der Waals surface area contributed by atoms with Gasteiger partial charge in [-0.25, -0.2) is 4.39 Å². The van der Waals surface area contributed by atoms with Crippen molar-refractivity contribution in [2.24, 2.45) is 0 Å². The Morgan fingerprint density at radius 1 is 1.12 bits per heavy atom. The zero-order valence-corrected chi connectivity index (χ0v) is 14.0. The third kappa shape index (κ3) is 7.03. The molecule has 0 bridgehead atoms. The highest BCUT2D eigenvalue weighted by atomic mass is 19.1. The normalized spacial score (nSPS) is 10.2. The van der Waals surface area contributed by atoms with Gasteiger partial charge in [0.25, 0.3) is 5.91 Å². The predicted molar refractivity (Wildman–Crippen MR) is 91.9 cm³/mol. The Morgan fingerprint density at radius 3 is 2.68 bits per heavy atom. The fourth-order valence-electron chi connectivity index (χ4n) is 2.09. The monoisotopic (exact) mass is 345 g/mol. The van der Waals surface area contributed by atoms with Crippen LogP contribution in [0.15, 0.2) is 48.5 Å². The van der Waals surface area contributed by atoms with E-state index in [1.807, 2.05) is 31.2 Å². The lowest BCUT2D eigenvalue weighted by Crippen LogP contribution is -2.21. The number of carbonyl (C=O) groups excluding carboxylic acids is 2. The summed E-state index contributed by atoms with van der Waals surface area (Å²) in [4.78, 5) is 23.2. The van der Waals surface area contributed by atoms with Crippen molar-refractivity contribution < 1.29 is 23.5 Å². The molecule has 0 aliphatic rings. The van der Waals surface area contributed by atoms with Gasteiger partial charge in [-0.3, -0.25) is 9.59 Å². The smallest absolute Gasteiger partial charge is 0.306 e. The van der Waals surface area contributed by atoms with E-state index in [4.69, 9.17) is 9.47 Å².